The lowest BCUT2D eigenvalue weighted by Gasteiger charge is -2.35. The highest BCUT2D eigenvalue weighted by Gasteiger charge is 2.21. The topological polar surface area (TPSA) is 59.9 Å². The van der Waals surface area contributed by atoms with Crippen LogP contribution in [-0.4, -0.2) is 43.3 Å². The zero-order valence-corrected chi connectivity index (χ0v) is 16.3. The number of nitrogens with one attached hydrogen (secondary N) is 2. The molecule has 1 aliphatic heterocycles. The number of rotatable bonds is 6. The van der Waals surface area contributed by atoms with E-state index < -0.39 is 11.9 Å². The number of piperidine rings is 1. The molecule has 1 heterocycles. The molecule has 28 heavy (non-hydrogen) atoms. The van der Waals surface area contributed by atoms with Gasteiger partial charge in [0.1, 0.15) is 11.9 Å². The average Bonchev–Trinajstić information content (AvgIpc) is 2.73. The summed E-state index contributed by atoms with van der Waals surface area (Å²) < 4.78 is 13.8. The minimum Gasteiger partial charge on any atom is -0.386 e. The molecule has 1 saturated heterocycles. The van der Waals surface area contributed by atoms with Crippen LogP contribution in [0.15, 0.2) is 59.6 Å². The van der Waals surface area contributed by atoms with Gasteiger partial charge in [-0.05, 0) is 38.0 Å². The van der Waals surface area contributed by atoms with Gasteiger partial charge in [0.15, 0.2) is 5.96 Å². The maximum Gasteiger partial charge on any atom is 0.191 e. The zero-order chi connectivity index (χ0) is 19.8. The van der Waals surface area contributed by atoms with Gasteiger partial charge in [-0.2, -0.15) is 0 Å². The Morgan fingerprint density at radius 1 is 1.21 bits per heavy atom. The maximum atomic E-state index is 13.8. The molecule has 0 saturated carbocycles. The molecule has 2 unspecified atom stereocenters. The predicted octanol–water partition coefficient (Wildman–Crippen LogP) is 3.08. The molecular weight excluding hydrogens is 355 g/mol. The van der Waals surface area contributed by atoms with Crippen molar-refractivity contribution in [1.82, 2.24) is 10.6 Å². The number of para-hydroxylation sites is 1. The van der Waals surface area contributed by atoms with E-state index in [1.807, 2.05) is 13.0 Å². The molecule has 0 aliphatic carbocycles. The van der Waals surface area contributed by atoms with Crippen LogP contribution in [0.1, 0.15) is 31.4 Å². The summed E-state index contributed by atoms with van der Waals surface area (Å²) in [5.74, 6) is 0.242. The number of nitrogens with zero attached hydrogens (tertiary/aromatic N) is 2. The molecule has 1 aliphatic rings. The first-order valence-electron chi connectivity index (χ1n) is 9.94. The summed E-state index contributed by atoms with van der Waals surface area (Å²) in [6, 6.07) is 16.9. The molecule has 3 rings (SSSR count). The van der Waals surface area contributed by atoms with Crippen LogP contribution in [0.2, 0.25) is 0 Å². The van der Waals surface area contributed by atoms with Crippen LogP contribution in [0.25, 0.3) is 0 Å². The molecule has 150 valence electrons. The minimum absolute atomic E-state index is 0.103. The van der Waals surface area contributed by atoms with E-state index >= 15 is 0 Å². The summed E-state index contributed by atoms with van der Waals surface area (Å²) >= 11 is 0. The Labute approximate surface area is 166 Å². The van der Waals surface area contributed by atoms with Crippen LogP contribution in [0, 0.1) is 5.82 Å². The second-order valence-corrected chi connectivity index (χ2v) is 7.02. The zero-order valence-electron chi connectivity index (χ0n) is 16.3. The van der Waals surface area contributed by atoms with Crippen molar-refractivity contribution in [3.05, 3.63) is 66.0 Å². The molecule has 0 spiro atoms. The van der Waals surface area contributed by atoms with Crippen LogP contribution in [0.4, 0.5) is 10.1 Å². The summed E-state index contributed by atoms with van der Waals surface area (Å²) in [6.45, 7) is 4.76. The van der Waals surface area contributed by atoms with E-state index in [1.54, 1.807) is 18.2 Å². The van der Waals surface area contributed by atoms with Gasteiger partial charge in [-0.1, -0.05) is 36.4 Å². The first-order valence-corrected chi connectivity index (χ1v) is 9.94. The predicted molar refractivity (Wildman–Crippen MR) is 112 cm³/mol. The van der Waals surface area contributed by atoms with Crippen molar-refractivity contribution in [3.8, 4) is 0 Å². The minimum atomic E-state index is -0.969. The molecule has 2 atom stereocenters. The SMILES string of the molecule is CCNC(=NCC(O)c1ccccc1F)NC1CCCN(c2ccccc2)C1. The highest BCUT2D eigenvalue weighted by Crippen LogP contribution is 2.20. The van der Waals surface area contributed by atoms with Crippen molar-refractivity contribution >= 4 is 11.6 Å². The van der Waals surface area contributed by atoms with Gasteiger partial charge < -0.3 is 20.6 Å². The van der Waals surface area contributed by atoms with E-state index in [9.17, 15) is 9.50 Å². The second kappa shape index (κ2) is 10.1. The van der Waals surface area contributed by atoms with E-state index in [0.29, 0.717) is 5.96 Å². The van der Waals surface area contributed by atoms with Crippen LogP contribution in [-0.2, 0) is 0 Å². The highest BCUT2D eigenvalue weighted by atomic mass is 19.1. The third kappa shape index (κ3) is 5.45. The number of hydrogen-bond donors (Lipinski definition) is 3. The number of benzene rings is 2. The fraction of sp³-hybridized carbons (Fsp3) is 0.409. The monoisotopic (exact) mass is 384 g/mol. The molecule has 2 aromatic rings. The molecule has 3 N–H and O–H groups in total. The van der Waals surface area contributed by atoms with E-state index in [1.165, 1.54) is 11.8 Å². The van der Waals surface area contributed by atoms with Crippen LogP contribution in [0.5, 0.6) is 0 Å². The Morgan fingerprint density at radius 3 is 2.71 bits per heavy atom. The van der Waals surface area contributed by atoms with Crippen LogP contribution in [0.3, 0.4) is 0 Å². The fourth-order valence-corrected chi connectivity index (χ4v) is 3.50. The number of guanidine groups is 1. The molecule has 6 heteroatoms. The van der Waals surface area contributed by atoms with Gasteiger partial charge in [-0.3, -0.25) is 4.99 Å². The van der Waals surface area contributed by atoms with E-state index in [2.05, 4.69) is 44.8 Å². The largest absolute Gasteiger partial charge is 0.386 e. The third-order valence-corrected chi connectivity index (χ3v) is 4.91. The van der Waals surface area contributed by atoms with Crippen molar-refractivity contribution in [3.63, 3.8) is 0 Å². The molecule has 2 aromatic carbocycles. The van der Waals surface area contributed by atoms with Crippen molar-refractivity contribution < 1.29 is 9.50 Å². The summed E-state index contributed by atoms with van der Waals surface area (Å²) in [5, 5.41) is 17.0. The van der Waals surface area contributed by atoms with Gasteiger partial charge in [-0.25, -0.2) is 4.39 Å². The van der Waals surface area contributed by atoms with E-state index in [4.69, 9.17) is 0 Å². The van der Waals surface area contributed by atoms with Gasteiger partial charge in [-0.15, -0.1) is 0 Å². The molecule has 0 bridgehead atoms. The molecule has 1 fully saturated rings. The van der Waals surface area contributed by atoms with Crippen molar-refractivity contribution in [2.24, 2.45) is 4.99 Å². The van der Waals surface area contributed by atoms with Crippen molar-refractivity contribution in [2.75, 3.05) is 31.1 Å². The fourth-order valence-electron chi connectivity index (χ4n) is 3.50. The first-order chi connectivity index (χ1) is 13.7. The standard InChI is InChI=1S/C22H29FN4O/c1-2-24-22(25-15-21(28)19-12-6-7-13-20(19)23)26-17-9-8-14-27(16-17)18-10-4-3-5-11-18/h3-7,10-13,17,21,28H,2,8-9,14-16H2,1H3,(H2,24,25,26). The lowest BCUT2D eigenvalue weighted by Crippen LogP contribution is -2.51. The lowest BCUT2D eigenvalue weighted by molar-refractivity contribution is 0.182. The van der Waals surface area contributed by atoms with E-state index in [0.717, 1.165) is 32.5 Å². The van der Waals surface area contributed by atoms with Gasteiger partial charge >= 0.3 is 0 Å². The number of aliphatic imine (C=N–C) groups is 1. The quantitative estimate of drug-likeness (QED) is 0.529. The number of halogens is 1. The number of hydrogen-bond acceptors (Lipinski definition) is 3. The summed E-state index contributed by atoms with van der Waals surface area (Å²) in [6.07, 6.45) is 1.19. The summed E-state index contributed by atoms with van der Waals surface area (Å²) in [4.78, 5) is 6.86. The Morgan fingerprint density at radius 2 is 1.96 bits per heavy atom. The molecule has 0 amide bonds. The number of aliphatic hydroxyl groups is 1. The Balaban J connectivity index is 1.62. The summed E-state index contributed by atoms with van der Waals surface area (Å²) in [7, 11) is 0. The highest BCUT2D eigenvalue weighted by molar-refractivity contribution is 5.80. The van der Waals surface area contributed by atoms with Crippen LogP contribution >= 0.6 is 0 Å². The third-order valence-electron chi connectivity index (χ3n) is 4.91. The molecule has 5 nitrogen and oxygen atoms in total. The Hall–Kier alpha value is -2.60. The smallest absolute Gasteiger partial charge is 0.191 e. The summed E-state index contributed by atoms with van der Waals surface area (Å²) in [5.41, 5.74) is 1.50. The molecule has 0 radical (unpaired) electrons. The van der Waals surface area contributed by atoms with Gasteiger partial charge in [0.05, 0.1) is 6.54 Å². The average molecular weight is 384 g/mol. The number of aliphatic hydroxyl groups excluding tert-OH is 1. The Kier molecular flexibility index (Phi) is 7.25. The Bertz CT molecular complexity index is 768. The van der Waals surface area contributed by atoms with Gasteiger partial charge in [0.2, 0.25) is 0 Å². The second-order valence-electron chi connectivity index (χ2n) is 7.02. The molecular formula is C22H29FN4O. The van der Waals surface area contributed by atoms with Gasteiger partial charge in [0.25, 0.3) is 0 Å². The number of anilines is 1. The van der Waals surface area contributed by atoms with Crippen molar-refractivity contribution in [2.45, 2.75) is 31.9 Å². The normalized spacial score (nSPS) is 18.6. The van der Waals surface area contributed by atoms with Gasteiger partial charge in [0, 0.05) is 36.9 Å². The lowest BCUT2D eigenvalue weighted by atomic mass is 10.0. The molecule has 0 aromatic heterocycles. The maximum absolute atomic E-state index is 13.8. The van der Waals surface area contributed by atoms with E-state index in [-0.39, 0.29) is 18.2 Å². The first kappa shape index (κ1) is 20.1. The van der Waals surface area contributed by atoms with Crippen LogP contribution < -0.4 is 15.5 Å². The van der Waals surface area contributed by atoms with Crippen molar-refractivity contribution in [1.29, 1.82) is 0 Å².